The first-order valence-corrected chi connectivity index (χ1v) is 8.08. The third-order valence-electron chi connectivity index (χ3n) is 3.51. The summed E-state index contributed by atoms with van der Waals surface area (Å²) in [6.45, 7) is 4.80. The molecule has 0 aliphatic rings. The Balaban J connectivity index is 2.50. The lowest BCUT2D eigenvalue weighted by atomic mass is 10.0. The van der Waals surface area contributed by atoms with E-state index in [0.29, 0.717) is 41.6 Å². The summed E-state index contributed by atoms with van der Waals surface area (Å²) in [7, 11) is 1.54. The number of benzene rings is 2. The number of aliphatic carboxylic acids is 1. The largest absolute Gasteiger partial charge is 0.497 e. The van der Waals surface area contributed by atoms with Crippen LogP contribution in [0.25, 0.3) is 11.6 Å². The zero-order valence-electron chi connectivity index (χ0n) is 14.6. The molecule has 2 rings (SSSR count). The summed E-state index contributed by atoms with van der Waals surface area (Å²) in [5, 5.41) is 9.64. The van der Waals surface area contributed by atoms with Crippen molar-refractivity contribution in [2.24, 2.45) is 0 Å². The molecule has 0 radical (unpaired) electrons. The van der Waals surface area contributed by atoms with Crippen molar-refractivity contribution in [3.05, 3.63) is 53.6 Å². The number of hydrogen-bond acceptors (Lipinski definition) is 4. The second-order valence-electron chi connectivity index (χ2n) is 5.16. The van der Waals surface area contributed by atoms with Crippen molar-refractivity contribution in [3.8, 4) is 17.2 Å². The van der Waals surface area contributed by atoms with Crippen LogP contribution >= 0.6 is 0 Å². The maximum Gasteiger partial charge on any atom is 0.336 e. The number of ether oxygens (including phenoxy) is 3. The van der Waals surface area contributed by atoms with Crippen LogP contribution in [-0.4, -0.2) is 31.4 Å². The molecule has 5 nitrogen and oxygen atoms in total. The van der Waals surface area contributed by atoms with Gasteiger partial charge in [-0.2, -0.15) is 0 Å². The topological polar surface area (TPSA) is 65.0 Å². The van der Waals surface area contributed by atoms with E-state index in [2.05, 4.69) is 0 Å². The number of rotatable bonds is 8. The molecule has 25 heavy (non-hydrogen) atoms. The number of carboxylic acid groups (broad SMARTS) is 1. The normalized spacial score (nSPS) is 11.1. The molecule has 2 aromatic carbocycles. The third-order valence-corrected chi connectivity index (χ3v) is 3.51. The molecule has 0 aromatic heterocycles. The van der Waals surface area contributed by atoms with Gasteiger partial charge in [-0.25, -0.2) is 4.79 Å². The van der Waals surface area contributed by atoms with E-state index < -0.39 is 5.97 Å². The molecule has 0 saturated carbocycles. The second kappa shape index (κ2) is 8.78. The molecule has 0 spiro atoms. The average Bonchev–Trinajstić information content (AvgIpc) is 2.61. The zero-order valence-corrected chi connectivity index (χ0v) is 14.6. The van der Waals surface area contributed by atoms with Gasteiger partial charge < -0.3 is 19.3 Å². The number of carbonyl (C=O) groups is 1. The minimum Gasteiger partial charge on any atom is -0.497 e. The monoisotopic (exact) mass is 342 g/mol. The molecule has 0 atom stereocenters. The smallest absolute Gasteiger partial charge is 0.336 e. The summed E-state index contributed by atoms with van der Waals surface area (Å²) in [5.41, 5.74) is 1.39. The number of methoxy groups -OCH3 is 1. The van der Waals surface area contributed by atoms with E-state index in [4.69, 9.17) is 14.2 Å². The highest BCUT2D eigenvalue weighted by Gasteiger charge is 2.13. The highest BCUT2D eigenvalue weighted by atomic mass is 16.5. The molecule has 2 aromatic rings. The first-order chi connectivity index (χ1) is 12.1. The van der Waals surface area contributed by atoms with E-state index >= 15 is 0 Å². The van der Waals surface area contributed by atoms with Gasteiger partial charge in [0, 0.05) is 11.6 Å². The molecule has 0 unspecified atom stereocenters. The van der Waals surface area contributed by atoms with Crippen LogP contribution in [0, 0.1) is 0 Å². The lowest BCUT2D eigenvalue weighted by molar-refractivity contribution is -0.130. The predicted octanol–water partition coefficient (Wildman–Crippen LogP) is 4.12. The Morgan fingerprint density at radius 3 is 2.44 bits per heavy atom. The minimum atomic E-state index is -1.02. The maximum absolute atomic E-state index is 11.8. The van der Waals surface area contributed by atoms with Gasteiger partial charge in [-0.1, -0.05) is 12.1 Å². The Hall–Kier alpha value is -2.95. The van der Waals surface area contributed by atoms with Crippen LogP contribution in [0.4, 0.5) is 0 Å². The van der Waals surface area contributed by atoms with Crippen molar-refractivity contribution in [1.82, 2.24) is 0 Å². The summed E-state index contributed by atoms with van der Waals surface area (Å²) >= 11 is 0. The molecule has 1 N–H and O–H groups in total. The molecule has 0 bridgehead atoms. The lowest BCUT2D eigenvalue weighted by Crippen LogP contribution is -2.01. The van der Waals surface area contributed by atoms with Crippen molar-refractivity contribution in [2.45, 2.75) is 13.8 Å². The van der Waals surface area contributed by atoms with Gasteiger partial charge in [-0.15, -0.1) is 0 Å². The summed E-state index contributed by atoms with van der Waals surface area (Å²) in [6.07, 6.45) is 1.60. The minimum absolute atomic E-state index is 0.156. The zero-order chi connectivity index (χ0) is 18.2. The van der Waals surface area contributed by atoms with Gasteiger partial charge in [0.1, 0.15) is 17.2 Å². The molecule has 132 valence electrons. The van der Waals surface area contributed by atoms with Crippen LogP contribution in [0.3, 0.4) is 0 Å². The van der Waals surface area contributed by atoms with Crippen molar-refractivity contribution in [2.75, 3.05) is 20.3 Å². The maximum atomic E-state index is 11.8. The van der Waals surface area contributed by atoms with E-state index in [1.807, 2.05) is 13.8 Å². The molecule has 0 heterocycles. The highest BCUT2D eigenvalue weighted by Crippen LogP contribution is 2.30. The third kappa shape index (κ3) is 4.76. The van der Waals surface area contributed by atoms with Gasteiger partial charge in [0.2, 0.25) is 0 Å². The SMILES string of the molecule is CCOc1ccc(/C=C(\C(=O)O)c2cccc(OC)c2)c(OCC)c1. The summed E-state index contributed by atoms with van der Waals surface area (Å²) < 4.78 is 16.3. The van der Waals surface area contributed by atoms with E-state index in [-0.39, 0.29) is 5.57 Å². The molecular weight excluding hydrogens is 320 g/mol. The van der Waals surface area contributed by atoms with Crippen molar-refractivity contribution >= 4 is 17.6 Å². The predicted molar refractivity (Wildman–Crippen MR) is 97.3 cm³/mol. The van der Waals surface area contributed by atoms with Gasteiger partial charge in [-0.3, -0.25) is 0 Å². The molecular formula is C20H22O5. The van der Waals surface area contributed by atoms with Crippen LogP contribution < -0.4 is 14.2 Å². The van der Waals surface area contributed by atoms with Gasteiger partial charge >= 0.3 is 5.97 Å². The standard InChI is InChI=1S/C20H22O5/c1-4-24-17-10-9-15(19(13-17)25-5-2)12-18(20(21)22)14-7-6-8-16(11-14)23-3/h6-13H,4-5H2,1-3H3,(H,21,22)/b18-12-. The quantitative estimate of drug-likeness (QED) is 0.577. The number of hydrogen-bond donors (Lipinski definition) is 1. The Kier molecular flexibility index (Phi) is 6.46. The van der Waals surface area contributed by atoms with Crippen molar-refractivity contribution in [3.63, 3.8) is 0 Å². The molecule has 0 amide bonds. The van der Waals surface area contributed by atoms with Gasteiger partial charge in [-0.05, 0) is 49.8 Å². The van der Waals surface area contributed by atoms with Crippen LogP contribution in [0.15, 0.2) is 42.5 Å². The van der Waals surface area contributed by atoms with E-state index in [1.54, 1.807) is 55.7 Å². The highest BCUT2D eigenvalue weighted by molar-refractivity contribution is 6.20. The van der Waals surface area contributed by atoms with Gasteiger partial charge in [0.15, 0.2) is 0 Å². The first kappa shape index (κ1) is 18.4. The second-order valence-corrected chi connectivity index (χ2v) is 5.16. The summed E-state index contributed by atoms with van der Waals surface area (Å²) in [6, 6.07) is 12.3. The number of carboxylic acids is 1. The average molecular weight is 342 g/mol. The lowest BCUT2D eigenvalue weighted by Gasteiger charge is -2.12. The Morgan fingerprint density at radius 2 is 1.80 bits per heavy atom. The van der Waals surface area contributed by atoms with Crippen LogP contribution in [0.5, 0.6) is 17.2 Å². The fourth-order valence-corrected chi connectivity index (χ4v) is 2.39. The Labute approximate surface area is 147 Å². The van der Waals surface area contributed by atoms with Crippen LogP contribution in [0.1, 0.15) is 25.0 Å². The van der Waals surface area contributed by atoms with E-state index in [0.717, 1.165) is 0 Å². The Bertz CT molecular complexity index is 764. The fraction of sp³-hybridized carbons (Fsp3) is 0.250. The van der Waals surface area contributed by atoms with Gasteiger partial charge in [0.25, 0.3) is 0 Å². The molecule has 0 aliphatic carbocycles. The van der Waals surface area contributed by atoms with Crippen molar-refractivity contribution in [1.29, 1.82) is 0 Å². The van der Waals surface area contributed by atoms with E-state index in [1.165, 1.54) is 0 Å². The first-order valence-electron chi connectivity index (χ1n) is 8.08. The fourth-order valence-electron chi connectivity index (χ4n) is 2.39. The molecule has 5 heteroatoms. The Morgan fingerprint density at radius 1 is 1.04 bits per heavy atom. The van der Waals surface area contributed by atoms with Gasteiger partial charge in [0.05, 0.1) is 25.9 Å². The molecule has 0 fully saturated rings. The summed E-state index contributed by atoms with van der Waals surface area (Å²) in [4.78, 5) is 11.8. The van der Waals surface area contributed by atoms with E-state index in [9.17, 15) is 9.90 Å². The molecule has 0 saturated heterocycles. The van der Waals surface area contributed by atoms with Crippen LogP contribution in [-0.2, 0) is 4.79 Å². The van der Waals surface area contributed by atoms with Crippen molar-refractivity contribution < 1.29 is 24.1 Å². The van der Waals surface area contributed by atoms with Crippen LogP contribution in [0.2, 0.25) is 0 Å². The molecule has 0 aliphatic heterocycles. The summed E-state index contributed by atoms with van der Waals surface area (Å²) in [5.74, 6) is 0.836.